The van der Waals surface area contributed by atoms with Crippen molar-refractivity contribution in [3.05, 3.63) is 22.4 Å². The molecule has 1 fully saturated rings. The van der Waals surface area contributed by atoms with Gasteiger partial charge in [-0.05, 0) is 30.3 Å². The van der Waals surface area contributed by atoms with E-state index in [-0.39, 0.29) is 11.8 Å². The Bertz CT molecular complexity index is 419. The number of amides is 1. The molecule has 19 heavy (non-hydrogen) atoms. The van der Waals surface area contributed by atoms with Crippen LogP contribution in [0.15, 0.2) is 17.5 Å². The lowest BCUT2D eigenvalue weighted by atomic mass is 10.1. The maximum atomic E-state index is 12.2. The molecule has 0 bridgehead atoms. The molecule has 0 spiro atoms. The monoisotopic (exact) mass is 292 g/mol. The average Bonchev–Trinajstić information content (AvgIpc) is 2.94. The highest BCUT2D eigenvalue weighted by molar-refractivity contribution is 7.12. The van der Waals surface area contributed by atoms with Gasteiger partial charge in [-0.1, -0.05) is 6.07 Å². The molecule has 1 aliphatic heterocycles. The van der Waals surface area contributed by atoms with Gasteiger partial charge in [0, 0.05) is 13.1 Å². The minimum atomic E-state index is -4.14. The largest absolute Gasteiger partial charge is 0.401 e. The summed E-state index contributed by atoms with van der Waals surface area (Å²) in [5, 5.41) is 4.59. The van der Waals surface area contributed by atoms with Crippen LogP contribution in [-0.4, -0.2) is 43.2 Å². The second-order valence-corrected chi connectivity index (χ2v) is 5.64. The van der Waals surface area contributed by atoms with Crippen molar-refractivity contribution in [1.82, 2.24) is 10.2 Å². The SMILES string of the molecule is O=C(NC[C@@H]1CCN(CC(F)(F)F)C1)c1cccs1. The summed E-state index contributed by atoms with van der Waals surface area (Å²) >= 11 is 1.35. The summed E-state index contributed by atoms with van der Waals surface area (Å²) in [6.45, 7) is 0.413. The Morgan fingerprint density at radius 1 is 1.53 bits per heavy atom. The van der Waals surface area contributed by atoms with Crippen molar-refractivity contribution in [2.24, 2.45) is 5.92 Å². The number of thiophene rings is 1. The third-order valence-corrected chi connectivity index (χ3v) is 3.94. The summed E-state index contributed by atoms with van der Waals surface area (Å²) in [4.78, 5) is 13.7. The van der Waals surface area contributed by atoms with Crippen LogP contribution in [0.4, 0.5) is 13.2 Å². The average molecular weight is 292 g/mol. The van der Waals surface area contributed by atoms with Crippen LogP contribution < -0.4 is 5.32 Å². The molecule has 1 aromatic rings. The maximum absolute atomic E-state index is 12.2. The van der Waals surface area contributed by atoms with Gasteiger partial charge in [-0.15, -0.1) is 11.3 Å². The summed E-state index contributed by atoms with van der Waals surface area (Å²) < 4.78 is 36.7. The molecule has 1 aliphatic rings. The number of nitrogens with one attached hydrogen (secondary N) is 1. The van der Waals surface area contributed by atoms with Gasteiger partial charge in [0.05, 0.1) is 11.4 Å². The van der Waals surface area contributed by atoms with Gasteiger partial charge >= 0.3 is 6.18 Å². The molecule has 0 aliphatic carbocycles. The smallest absolute Gasteiger partial charge is 0.351 e. The highest BCUT2D eigenvalue weighted by Crippen LogP contribution is 2.22. The zero-order valence-electron chi connectivity index (χ0n) is 10.2. The zero-order chi connectivity index (χ0) is 13.9. The molecular weight excluding hydrogens is 277 g/mol. The van der Waals surface area contributed by atoms with E-state index in [9.17, 15) is 18.0 Å². The van der Waals surface area contributed by atoms with E-state index < -0.39 is 12.7 Å². The lowest BCUT2D eigenvalue weighted by Crippen LogP contribution is -2.34. The summed E-state index contributed by atoms with van der Waals surface area (Å²) in [5.74, 6) is -0.0458. The highest BCUT2D eigenvalue weighted by Gasteiger charge is 2.34. The quantitative estimate of drug-likeness (QED) is 0.924. The van der Waals surface area contributed by atoms with Crippen molar-refractivity contribution in [2.75, 3.05) is 26.2 Å². The number of hydrogen-bond donors (Lipinski definition) is 1. The summed E-state index contributed by atoms with van der Waals surface area (Å²) in [5.41, 5.74) is 0. The molecule has 106 valence electrons. The van der Waals surface area contributed by atoms with Crippen LogP contribution in [0.25, 0.3) is 0 Å². The summed E-state index contributed by atoms with van der Waals surface area (Å²) in [6.07, 6.45) is -3.45. The third kappa shape index (κ3) is 4.50. The van der Waals surface area contributed by atoms with Crippen molar-refractivity contribution in [1.29, 1.82) is 0 Å². The van der Waals surface area contributed by atoms with E-state index in [1.807, 2.05) is 5.38 Å². The van der Waals surface area contributed by atoms with E-state index in [0.717, 1.165) is 0 Å². The zero-order valence-corrected chi connectivity index (χ0v) is 11.1. The van der Waals surface area contributed by atoms with E-state index >= 15 is 0 Å². The first kappa shape index (κ1) is 14.3. The molecule has 1 amide bonds. The van der Waals surface area contributed by atoms with Gasteiger partial charge in [0.2, 0.25) is 0 Å². The van der Waals surface area contributed by atoms with Gasteiger partial charge in [0.1, 0.15) is 0 Å². The van der Waals surface area contributed by atoms with Gasteiger partial charge in [-0.3, -0.25) is 9.69 Å². The van der Waals surface area contributed by atoms with Crippen molar-refractivity contribution < 1.29 is 18.0 Å². The first-order valence-electron chi connectivity index (χ1n) is 6.05. The number of halogens is 3. The van der Waals surface area contributed by atoms with Gasteiger partial charge < -0.3 is 5.32 Å². The van der Waals surface area contributed by atoms with Crippen molar-refractivity contribution >= 4 is 17.2 Å². The van der Waals surface area contributed by atoms with Crippen molar-refractivity contribution in [2.45, 2.75) is 12.6 Å². The van der Waals surface area contributed by atoms with Crippen molar-refractivity contribution in [3.63, 3.8) is 0 Å². The Labute approximate surface area is 113 Å². The highest BCUT2D eigenvalue weighted by atomic mass is 32.1. The molecule has 2 rings (SSSR count). The number of nitrogens with zero attached hydrogens (tertiary/aromatic N) is 1. The molecule has 0 aromatic carbocycles. The van der Waals surface area contributed by atoms with E-state index in [0.29, 0.717) is 30.9 Å². The van der Waals surface area contributed by atoms with Crippen LogP contribution in [0.1, 0.15) is 16.1 Å². The van der Waals surface area contributed by atoms with E-state index in [1.54, 1.807) is 12.1 Å². The van der Waals surface area contributed by atoms with E-state index in [1.165, 1.54) is 16.2 Å². The third-order valence-electron chi connectivity index (χ3n) is 3.07. The molecule has 3 nitrogen and oxygen atoms in total. The molecule has 0 radical (unpaired) electrons. The maximum Gasteiger partial charge on any atom is 0.401 e. The molecular formula is C12H15F3N2OS. The molecule has 1 saturated heterocycles. The van der Waals surface area contributed by atoms with Crippen LogP contribution in [0.3, 0.4) is 0 Å². The number of carbonyl (C=O) groups is 1. The van der Waals surface area contributed by atoms with Crippen LogP contribution in [-0.2, 0) is 0 Å². The summed E-state index contributed by atoms with van der Waals surface area (Å²) in [6, 6.07) is 3.52. The standard InChI is InChI=1S/C12H15F3N2OS/c13-12(14,15)8-17-4-3-9(7-17)6-16-11(18)10-2-1-5-19-10/h1-2,5,9H,3-4,6-8H2,(H,16,18)/t9-/m0/s1. The number of hydrogen-bond acceptors (Lipinski definition) is 3. The predicted molar refractivity (Wildman–Crippen MR) is 67.3 cm³/mol. The van der Waals surface area contributed by atoms with Crippen LogP contribution in [0, 0.1) is 5.92 Å². The Hall–Kier alpha value is -1.08. The van der Waals surface area contributed by atoms with Crippen LogP contribution >= 0.6 is 11.3 Å². The Morgan fingerprint density at radius 2 is 2.32 bits per heavy atom. The fourth-order valence-electron chi connectivity index (χ4n) is 2.21. The first-order chi connectivity index (χ1) is 8.94. The Kier molecular flexibility index (Phi) is 4.46. The van der Waals surface area contributed by atoms with Crippen LogP contribution in [0.5, 0.6) is 0 Å². The van der Waals surface area contributed by atoms with Gasteiger partial charge in [0.25, 0.3) is 5.91 Å². The van der Waals surface area contributed by atoms with Gasteiger partial charge in [-0.2, -0.15) is 13.2 Å². The number of carbonyl (C=O) groups excluding carboxylic acids is 1. The van der Waals surface area contributed by atoms with Gasteiger partial charge in [0.15, 0.2) is 0 Å². The molecule has 1 atom stereocenters. The number of rotatable bonds is 4. The molecule has 0 unspecified atom stereocenters. The number of alkyl halides is 3. The fourth-order valence-corrected chi connectivity index (χ4v) is 2.85. The van der Waals surface area contributed by atoms with E-state index in [2.05, 4.69) is 5.32 Å². The Balaban J connectivity index is 1.72. The van der Waals surface area contributed by atoms with E-state index in [4.69, 9.17) is 0 Å². The second kappa shape index (κ2) is 5.92. The van der Waals surface area contributed by atoms with Gasteiger partial charge in [-0.25, -0.2) is 0 Å². The minimum Gasteiger partial charge on any atom is -0.351 e. The fraction of sp³-hybridized carbons (Fsp3) is 0.583. The molecule has 1 aromatic heterocycles. The summed E-state index contributed by atoms with van der Waals surface area (Å²) in [7, 11) is 0. The topological polar surface area (TPSA) is 32.3 Å². The normalized spacial score (nSPS) is 20.7. The number of likely N-dealkylation sites (tertiary alicyclic amines) is 1. The van der Waals surface area contributed by atoms with Crippen molar-refractivity contribution in [3.8, 4) is 0 Å². The Morgan fingerprint density at radius 3 is 2.95 bits per heavy atom. The lowest BCUT2D eigenvalue weighted by Gasteiger charge is -2.17. The minimum absolute atomic E-state index is 0.103. The second-order valence-electron chi connectivity index (χ2n) is 4.69. The first-order valence-corrected chi connectivity index (χ1v) is 6.93. The lowest BCUT2D eigenvalue weighted by molar-refractivity contribution is -0.143. The molecule has 0 saturated carbocycles. The molecule has 2 heterocycles. The predicted octanol–water partition coefficient (Wildman–Crippen LogP) is 2.36. The van der Waals surface area contributed by atoms with Crippen LogP contribution in [0.2, 0.25) is 0 Å². The molecule has 7 heteroatoms. The molecule has 1 N–H and O–H groups in total.